The number of nitro groups is 1. The summed E-state index contributed by atoms with van der Waals surface area (Å²) in [6.07, 6.45) is 0. The van der Waals surface area contributed by atoms with Crippen LogP contribution in [-0.2, 0) is 7.05 Å². The summed E-state index contributed by atoms with van der Waals surface area (Å²) in [5, 5.41) is 13.6. The van der Waals surface area contributed by atoms with E-state index in [-0.39, 0.29) is 16.3 Å². The van der Waals surface area contributed by atoms with E-state index >= 15 is 0 Å². The summed E-state index contributed by atoms with van der Waals surface area (Å²) >= 11 is 7.26. The zero-order chi connectivity index (χ0) is 19.1. The second-order valence-electron chi connectivity index (χ2n) is 5.91. The summed E-state index contributed by atoms with van der Waals surface area (Å²) in [6.45, 7) is 0. The Labute approximate surface area is 162 Å². The molecule has 0 aliphatic carbocycles. The van der Waals surface area contributed by atoms with E-state index in [1.807, 2.05) is 48.0 Å². The average molecular weight is 398 g/mol. The second-order valence-corrected chi connectivity index (χ2v) is 7.36. The van der Waals surface area contributed by atoms with E-state index in [9.17, 15) is 14.9 Å². The first-order valence-electron chi connectivity index (χ1n) is 7.96. The van der Waals surface area contributed by atoms with Crippen LogP contribution in [0.4, 0.5) is 5.69 Å². The number of carbonyl (C=O) groups excluding carboxylic acids is 1. The predicted molar refractivity (Wildman–Crippen MR) is 106 cm³/mol. The molecule has 6 nitrogen and oxygen atoms in total. The number of halogens is 1. The molecule has 0 unspecified atom stereocenters. The molecule has 3 aromatic carbocycles. The molecule has 0 saturated carbocycles. The van der Waals surface area contributed by atoms with Gasteiger partial charge in [-0.2, -0.15) is 4.99 Å². The smallest absolute Gasteiger partial charge is 0.286 e. The van der Waals surface area contributed by atoms with Crippen molar-refractivity contribution in [3.8, 4) is 0 Å². The van der Waals surface area contributed by atoms with Gasteiger partial charge in [0.15, 0.2) is 4.80 Å². The number of amides is 1. The van der Waals surface area contributed by atoms with E-state index < -0.39 is 10.8 Å². The van der Waals surface area contributed by atoms with Crippen molar-refractivity contribution in [2.75, 3.05) is 0 Å². The van der Waals surface area contributed by atoms with Crippen LogP contribution in [0, 0.1) is 10.1 Å². The van der Waals surface area contributed by atoms with Crippen molar-refractivity contribution in [3.63, 3.8) is 0 Å². The Kier molecular flexibility index (Phi) is 4.25. The normalized spacial score (nSPS) is 12.0. The van der Waals surface area contributed by atoms with Crippen LogP contribution in [-0.4, -0.2) is 15.4 Å². The monoisotopic (exact) mass is 397 g/mol. The minimum atomic E-state index is -0.698. The average Bonchev–Trinajstić information content (AvgIpc) is 2.97. The molecular weight excluding hydrogens is 386 g/mol. The molecule has 1 aromatic heterocycles. The number of nitro benzene ring substituents is 1. The Hall–Kier alpha value is -3.03. The van der Waals surface area contributed by atoms with Crippen LogP contribution in [0.2, 0.25) is 5.02 Å². The molecule has 0 aliphatic heterocycles. The number of fused-ring (bicyclic) bond motifs is 3. The molecule has 1 heterocycles. The van der Waals surface area contributed by atoms with Crippen LogP contribution in [0.25, 0.3) is 21.0 Å². The number of benzene rings is 3. The van der Waals surface area contributed by atoms with E-state index in [4.69, 9.17) is 11.6 Å². The van der Waals surface area contributed by atoms with Crippen LogP contribution >= 0.6 is 22.9 Å². The number of aromatic nitrogens is 1. The first-order chi connectivity index (χ1) is 13.0. The summed E-state index contributed by atoms with van der Waals surface area (Å²) in [7, 11) is 1.82. The van der Waals surface area contributed by atoms with Crippen molar-refractivity contribution < 1.29 is 9.72 Å². The van der Waals surface area contributed by atoms with E-state index in [1.165, 1.54) is 29.5 Å². The topological polar surface area (TPSA) is 77.5 Å². The lowest BCUT2D eigenvalue weighted by atomic mass is 10.1. The third kappa shape index (κ3) is 3.01. The summed E-state index contributed by atoms with van der Waals surface area (Å²) in [5.41, 5.74) is 0.516. The number of carbonyl (C=O) groups is 1. The first-order valence-corrected chi connectivity index (χ1v) is 9.15. The molecule has 27 heavy (non-hydrogen) atoms. The second kappa shape index (κ2) is 6.61. The summed E-state index contributed by atoms with van der Waals surface area (Å²) < 4.78 is 2.81. The highest BCUT2D eigenvalue weighted by Crippen LogP contribution is 2.27. The van der Waals surface area contributed by atoms with Gasteiger partial charge in [0.25, 0.3) is 11.6 Å². The number of hydrogen-bond donors (Lipinski definition) is 0. The molecule has 0 fully saturated rings. The van der Waals surface area contributed by atoms with Gasteiger partial charge in [-0.15, -0.1) is 0 Å². The van der Waals surface area contributed by atoms with Crippen LogP contribution in [0.15, 0.2) is 59.6 Å². The van der Waals surface area contributed by atoms with Gasteiger partial charge < -0.3 is 4.57 Å². The molecule has 134 valence electrons. The molecule has 0 saturated heterocycles. The van der Waals surface area contributed by atoms with Gasteiger partial charge in [-0.1, -0.05) is 53.3 Å². The molecule has 0 radical (unpaired) electrons. The molecule has 0 bridgehead atoms. The quantitative estimate of drug-likeness (QED) is 0.363. The number of rotatable bonds is 2. The van der Waals surface area contributed by atoms with Crippen LogP contribution in [0.1, 0.15) is 10.4 Å². The van der Waals surface area contributed by atoms with Crippen molar-refractivity contribution in [2.45, 2.75) is 0 Å². The third-order valence-corrected chi connectivity index (χ3v) is 5.60. The third-order valence-electron chi connectivity index (χ3n) is 4.27. The minimum Gasteiger partial charge on any atom is -0.319 e. The van der Waals surface area contributed by atoms with Crippen molar-refractivity contribution in [3.05, 3.63) is 80.1 Å². The Morgan fingerprint density at radius 2 is 1.96 bits per heavy atom. The van der Waals surface area contributed by atoms with E-state index in [0.29, 0.717) is 4.80 Å². The zero-order valence-corrected chi connectivity index (χ0v) is 15.6. The lowest BCUT2D eigenvalue weighted by molar-refractivity contribution is -0.385. The van der Waals surface area contributed by atoms with Crippen molar-refractivity contribution in [2.24, 2.45) is 12.0 Å². The summed E-state index contributed by atoms with van der Waals surface area (Å²) in [6, 6.07) is 15.8. The fourth-order valence-electron chi connectivity index (χ4n) is 3.01. The van der Waals surface area contributed by atoms with Crippen LogP contribution in [0.5, 0.6) is 0 Å². The van der Waals surface area contributed by atoms with E-state index in [0.717, 1.165) is 21.0 Å². The van der Waals surface area contributed by atoms with Gasteiger partial charge in [0.05, 0.1) is 15.1 Å². The van der Waals surface area contributed by atoms with Crippen molar-refractivity contribution in [1.29, 1.82) is 0 Å². The largest absolute Gasteiger partial charge is 0.319 e. The van der Waals surface area contributed by atoms with Gasteiger partial charge in [0, 0.05) is 23.5 Å². The van der Waals surface area contributed by atoms with E-state index in [2.05, 4.69) is 4.99 Å². The lowest BCUT2D eigenvalue weighted by Crippen LogP contribution is -2.14. The number of thiazole rings is 1. The van der Waals surface area contributed by atoms with Gasteiger partial charge in [-0.3, -0.25) is 14.9 Å². The maximum Gasteiger partial charge on any atom is 0.286 e. The number of hydrogen-bond acceptors (Lipinski definition) is 4. The van der Waals surface area contributed by atoms with Gasteiger partial charge in [0.2, 0.25) is 0 Å². The van der Waals surface area contributed by atoms with Gasteiger partial charge >= 0.3 is 0 Å². The molecule has 8 heteroatoms. The van der Waals surface area contributed by atoms with E-state index in [1.54, 1.807) is 0 Å². The highest BCUT2D eigenvalue weighted by Gasteiger charge is 2.20. The Morgan fingerprint density at radius 3 is 2.74 bits per heavy atom. The minimum absolute atomic E-state index is 0.130. The fraction of sp³-hybridized carbons (Fsp3) is 0.0526. The van der Waals surface area contributed by atoms with Gasteiger partial charge in [-0.25, -0.2) is 0 Å². The molecule has 4 aromatic rings. The molecule has 0 aliphatic rings. The van der Waals surface area contributed by atoms with Crippen LogP contribution < -0.4 is 4.80 Å². The molecule has 0 N–H and O–H groups in total. The molecule has 0 spiro atoms. The molecule has 1 amide bonds. The Balaban J connectivity index is 1.93. The van der Waals surface area contributed by atoms with Crippen molar-refractivity contribution in [1.82, 2.24) is 4.57 Å². The molecule has 0 atom stereocenters. The zero-order valence-electron chi connectivity index (χ0n) is 14.0. The summed E-state index contributed by atoms with van der Waals surface area (Å²) in [4.78, 5) is 27.8. The van der Waals surface area contributed by atoms with Crippen LogP contribution in [0.3, 0.4) is 0 Å². The highest BCUT2D eigenvalue weighted by molar-refractivity contribution is 7.16. The standard InChI is InChI=1S/C19H12ClN3O3S/c1-22-17-13-5-3-2-4-11(13)6-9-16(17)27-19(22)21-18(24)14-10-12(20)7-8-15(14)23(25)26/h2-10H,1H3. The molecule has 4 rings (SSSR count). The predicted octanol–water partition coefficient (Wildman–Crippen LogP) is 4.70. The molecular formula is C19H12ClN3O3S. The lowest BCUT2D eigenvalue weighted by Gasteiger charge is -2.02. The summed E-state index contributed by atoms with van der Waals surface area (Å²) in [5.74, 6) is -0.698. The van der Waals surface area contributed by atoms with Gasteiger partial charge in [-0.05, 0) is 23.6 Å². The Morgan fingerprint density at radius 1 is 1.19 bits per heavy atom. The maximum absolute atomic E-state index is 12.6. The Bertz CT molecular complexity index is 1310. The highest BCUT2D eigenvalue weighted by atomic mass is 35.5. The van der Waals surface area contributed by atoms with Crippen molar-refractivity contribution >= 4 is 55.5 Å². The SMILES string of the molecule is Cn1c(=NC(=O)c2cc(Cl)ccc2[N+](=O)[O-])sc2ccc3ccccc3c21. The van der Waals surface area contributed by atoms with Gasteiger partial charge in [0.1, 0.15) is 5.56 Å². The number of nitrogens with zero attached hydrogens (tertiary/aromatic N) is 3. The maximum atomic E-state index is 12.6. The first kappa shape index (κ1) is 17.4. The number of aryl methyl sites for hydroxylation is 1. The fourth-order valence-corrected chi connectivity index (χ4v) is 4.21.